The van der Waals surface area contributed by atoms with E-state index in [0.29, 0.717) is 16.2 Å². The number of sulfonamides is 1. The van der Waals surface area contributed by atoms with Crippen LogP contribution in [-0.2, 0) is 15.8 Å². The Hall–Kier alpha value is -1.80. The highest BCUT2D eigenvalue weighted by Crippen LogP contribution is 2.29. The van der Waals surface area contributed by atoms with Crippen LogP contribution in [-0.4, -0.2) is 25.2 Å². The minimum absolute atomic E-state index is 0.00413. The van der Waals surface area contributed by atoms with Gasteiger partial charge in [0.25, 0.3) is 5.91 Å². The van der Waals surface area contributed by atoms with Crippen LogP contribution in [0.1, 0.15) is 54.1 Å². The number of aromatic nitrogens is 1. The standard InChI is InChI=1S/C19H26N2O4S2/c1-5-8-13(2)12-27(23,24)21-19(22)16-9-6-7-10-18(16)26-11-17-14(3)20-25-15(17)4/h6-7,9-10,13H,5,8,11-12H2,1-4H3,(H,21,22). The summed E-state index contributed by atoms with van der Waals surface area (Å²) >= 11 is 1.45. The molecule has 1 N–H and O–H groups in total. The monoisotopic (exact) mass is 410 g/mol. The molecule has 0 bridgehead atoms. The zero-order chi connectivity index (χ0) is 20.0. The van der Waals surface area contributed by atoms with Gasteiger partial charge in [0, 0.05) is 16.2 Å². The lowest BCUT2D eigenvalue weighted by Crippen LogP contribution is -2.34. The molecular formula is C19H26N2O4S2. The lowest BCUT2D eigenvalue weighted by atomic mass is 10.1. The summed E-state index contributed by atoms with van der Waals surface area (Å²) in [6, 6.07) is 6.99. The first kappa shape index (κ1) is 21.5. The van der Waals surface area contributed by atoms with E-state index in [4.69, 9.17) is 4.52 Å². The Kier molecular flexibility index (Phi) is 7.49. The van der Waals surface area contributed by atoms with Crippen LogP contribution in [0.5, 0.6) is 0 Å². The van der Waals surface area contributed by atoms with Gasteiger partial charge in [-0.3, -0.25) is 4.79 Å². The second-order valence-corrected chi connectivity index (χ2v) is 9.48. The summed E-state index contributed by atoms with van der Waals surface area (Å²) in [6.07, 6.45) is 1.71. The molecule has 0 spiro atoms. The largest absolute Gasteiger partial charge is 0.361 e. The number of aryl methyl sites for hydroxylation is 2. The molecule has 1 aromatic heterocycles. The fourth-order valence-electron chi connectivity index (χ4n) is 2.83. The molecule has 0 aliphatic rings. The van der Waals surface area contributed by atoms with Gasteiger partial charge in [-0.05, 0) is 38.3 Å². The zero-order valence-corrected chi connectivity index (χ0v) is 17.7. The second-order valence-electron chi connectivity index (χ2n) is 6.69. The molecule has 148 valence electrons. The molecule has 1 unspecified atom stereocenters. The molecular weight excluding hydrogens is 384 g/mol. The number of hydrogen-bond donors (Lipinski definition) is 1. The van der Waals surface area contributed by atoms with E-state index >= 15 is 0 Å². The van der Waals surface area contributed by atoms with Crippen LogP contribution in [0.3, 0.4) is 0 Å². The Labute approximate surface area is 165 Å². The predicted molar refractivity (Wildman–Crippen MR) is 107 cm³/mol. The van der Waals surface area contributed by atoms with Gasteiger partial charge in [0.15, 0.2) is 0 Å². The maximum Gasteiger partial charge on any atom is 0.265 e. The summed E-state index contributed by atoms with van der Waals surface area (Å²) in [6.45, 7) is 7.60. The van der Waals surface area contributed by atoms with E-state index in [1.54, 1.807) is 12.1 Å². The van der Waals surface area contributed by atoms with Crippen molar-refractivity contribution in [2.24, 2.45) is 5.92 Å². The van der Waals surface area contributed by atoms with Crippen LogP contribution >= 0.6 is 11.8 Å². The van der Waals surface area contributed by atoms with Gasteiger partial charge in [-0.25, -0.2) is 13.1 Å². The van der Waals surface area contributed by atoms with Crippen molar-refractivity contribution in [2.45, 2.75) is 51.2 Å². The van der Waals surface area contributed by atoms with Crippen molar-refractivity contribution in [1.82, 2.24) is 9.88 Å². The quantitative estimate of drug-likeness (QED) is 0.627. The van der Waals surface area contributed by atoms with E-state index in [1.807, 2.05) is 39.8 Å². The molecule has 0 aliphatic carbocycles. The van der Waals surface area contributed by atoms with Crippen LogP contribution in [0.15, 0.2) is 33.7 Å². The number of nitrogens with zero attached hydrogens (tertiary/aromatic N) is 1. The van der Waals surface area contributed by atoms with Gasteiger partial charge in [0.05, 0.1) is 17.0 Å². The first-order chi connectivity index (χ1) is 12.7. The Morgan fingerprint density at radius 2 is 2.00 bits per heavy atom. The lowest BCUT2D eigenvalue weighted by Gasteiger charge is -2.13. The van der Waals surface area contributed by atoms with E-state index in [9.17, 15) is 13.2 Å². The number of hydrogen-bond acceptors (Lipinski definition) is 6. The van der Waals surface area contributed by atoms with Gasteiger partial charge in [-0.15, -0.1) is 11.8 Å². The number of carbonyl (C=O) groups is 1. The number of amides is 1. The SMILES string of the molecule is CCCC(C)CS(=O)(=O)NC(=O)c1ccccc1SCc1c(C)noc1C. The summed E-state index contributed by atoms with van der Waals surface area (Å²) in [7, 11) is -3.67. The molecule has 2 aromatic rings. The van der Waals surface area contributed by atoms with Gasteiger partial charge in [0.1, 0.15) is 5.76 Å². The van der Waals surface area contributed by atoms with Crippen molar-refractivity contribution < 1.29 is 17.7 Å². The first-order valence-electron chi connectivity index (χ1n) is 8.92. The van der Waals surface area contributed by atoms with Crippen molar-refractivity contribution in [2.75, 3.05) is 5.75 Å². The highest BCUT2D eigenvalue weighted by atomic mass is 32.2. The third-order valence-corrected chi connectivity index (χ3v) is 6.82. The number of benzene rings is 1. The highest BCUT2D eigenvalue weighted by molar-refractivity contribution is 7.98. The minimum Gasteiger partial charge on any atom is -0.361 e. The topological polar surface area (TPSA) is 89.3 Å². The maximum absolute atomic E-state index is 12.6. The van der Waals surface area contributed by atoms with Gasteiger partial charge >= 0.3 is 0 Å². The van der Waals surface area contributed by atoms with Crippen LogP contribution in [0, 0.1) is 19.8 Å². The Bertz CT molecular complexity index is 871. The fourth-order valence-corrected chi connectivity index (χ4v) is 5.42. The van der Waals surface area contributed by atoms with Crippen LogP contribution in [0.2, 0.25) is 0 Å². The van der Waals surface area contributed by atoms with Gasteiger partial charge in [-0.1, -0.05) is 37.6 Å². The Morgan fingerprint density at radius 1 is 1.30 bits per heavy atom. The maximum atomic E-state index is 12.6. The lowest BCUT2D eigenvalue weighted by molar-refractivity contribution is 0.0978. The van der Waals surface area contributed by atoms with Crippen molar-refractivity contribution >= 4 is 27.7 Å². The number of nitrogens with one attached hydrogen (secondary N) is 1. The molecule has 0 radical (unpaired) electrons. The molecule has 0 aliphatic heterocycles. The molecule has 27 heavy (non-hydrogen) atoms. The molecule has 0 saturated heterocycles. The molecule has 1 heterocycles. The summed E-state index contributed by atoms with van der Waals surface area (Å²) in [5, 5.41) is 3.93. The molecule has 0 fully saturated rings. The number of rotatable bonds is 9. The fraction of sp³-hybridized carbons (Fsp3) is 0.474. The second kappa shape index (κ2) is 9.41. The van der Waals surface area contributed by atoms with E-state index in [-0.39, 0.29) is 11.7 Å². The van der Waals surface area contributed by atoms with E-state index < -0.39 is 15.9 Å². The van der Waals surface area contributed by atoms with Gasteiger partial charge in [-0.2, -0.15) is 0 Å². The average molecular weight is 411 g/mol. The first-order valence-corrected chi connectivity index (χ1v) is 11.6. The Morgan fingerprint density at radius 3 is 2.63 bits per heavy atom. The number of carbonyl (C=O) groups excluding carboxylic acids is 1. The summed E-state index contributed by atoms with van der Waals surface area (Å²) < 4.78 is 31.9. The molecule has 2 rings (SSSR count). The van der Waals surface area contributed by atoms with Gasteiger partial charge in [0.2, 0.25) is 10.0 Å². The van der Waals surface area contributed by atoms with Crippen molar-refractivity contribution in [1.29, 1.82) is 0 Å². The molecule has 1 aromatic carbocycles. The van der Waals surface area contributed by atoms with Crippen molar-refractivity contribution in [3.8, 4) is 0 Å². The van der Waals surface area contributed by atoms with E-state index in [2.05, 4.69) is 9.88 Å². The minimum atomic E-state index is -3.67. The smallest absolute Gasteiger partial charge is 0.265 e. The zero-order valence-electron chi connectivity index (χ0n) is 16.1. The average Bonchev–Trinajstić information content (AvgIpc) is 2.90. The van der Waals surface area contributed by atoms with E-state index in [1.165, 1.54) is 11.8 Å². The van der Waals surface area contributed by atoms with Crippen LogP contribution < -0.4 is 4.72 Å². The predicted octanol–water partition coefficient (Wildman–Crippen LogP) is 4.08. The summed E-state index contributed by atoms with van der Waals surface area (Å²) in [5.41, 5.74) is 2.15. The molecule has 8 heteroatoms. The molecule has 1 atom stereocenters. The highest BCUT2D eigenvalue weighted by Gasteiger charge is 2.21. The van der Waals surface area contributed by atoms with Gasteiger partial charge < -0.3 is 4.52 Å². The van der Waals surface area contributed by atoms with Crippen LogP contribution in [0.25, 0.3) is 0 Å². The molecule has 6 nitrogen and oxygen atoms in total. The summed E-state index contributed by atoms with van der Waals surface area (Å²) in [5.74, 6) is 0.687. The normalized spacial score (nSPS) is 12.7. The van der Waals surface area contributed by atoms with Crippen molar-refractivity contribution in [3.05, 3.63) is 46.8 Å². The van der Waals surface area contributed by atoms with Crippen molar-refractivity contribution in [3.63, 3.8) is 0 Å². The third kappa shape index (κ3) is 6.10. The number of thioether (sulfide) groups is 1. The van der Waals surface area contributed by atoms with E-state index in [0.717, 1.165) is 29.9 Å². The summed E-state index contributed by atoms with van der Waals surface area (Å²) in [4.78, 5) is 13.3. The molecule has 0 saturated carbocycles. The third-order valence-electron chi connectivity index (χ3n) is 4.22. The molecule has 1 amide bonds. The van der Waals surface area contributed by atoms with Crippen LogP contribution in [0.4, 0.5) is 0 Å². The Balaban J connectivity index is 2.11.